The fourth-order valence-corrected chi connectivity index (χ4v) is 2.23. The summed E-state index contributed by atoms with van der Waals surface area (Å²) in [6.07, 6.45) is 4.53. The normalized spacial score (nSPS) is 30.1. The van der Waals surface area contributed by atoms with Crippen molar-refractivity contribution in [2.24, 2.45) is 17.6 Å². The third-order valence-electron chi connectivity index (χ3n) is 3.44. The number of piperidine rings is 1. The Morgan fingerprint density at radius 3 is 2.71 bits per heavy atom. The topological polar surface area (TPSA) is 46.3 Å². The van der Waals surface area contributed by atoms with Crippen LogP contribution in [0.1, 0.15) is 32.6 Å². The number of nitrogens with two attached hydrogens (primary N) is 1. The highest BCUT2D eigenvalue weighted by Gasteiger charge is 2.35. The molecule has 1 amide bonds. The summed E-state index contributed by atoms with van der Waals surface area (Å²) in [5.74, 6) is 1.27. The predicted molar refractivity (Wildman–Crippen MR) is 55.7 cm³/mol. The second kappa shape index (κ2) is 3.89. The predicted octanol–water partition coefficient (Wildman–Crippen LogP) is 0.982. The van der Waals surface area contributed by atoms with Gasteiger partial charge in [0.2, 0.25) is 5.91 Å². The zero-order chi connectivity index (χ0) is 10.1. The monoisotopic (exact) mass is 196 g/mol. The molecule has 0 aromatic heterocycles. The van der Waals surface area contributed by atoms with Crippen molar-refractivity contribution in [1.29, 1.82) is 0 Å². The zero-order valence-electron chi connectivity index (χ0n) is 8.91. The molecule has 1 aliphatic carbocycles. The number of carbonyl (C=O) groups excluding carboxylic acids is 1. The van der Waals surface area contributed by atoms with E-state index in [1.165, 1.54) is 6.42 Å². The quantitative estimate of drug-likeness (QED) is 0.715. The molecule has 14 heavy (non-hydrogen) atoms. The molecule has 0 aromatic rings. The Balaban J connectivity index is 1.89. The lowest BCUT2D eigenvalue weighted by Gasteiger charge is -2.34. The molecule has 0 bridgehead atoms. The maximum absolute atomic E-state index is 11.8. The van der Waals surface area contributed by atoms with Gasteiger partial charge in [0.05, 0.1) is 0 Å². The lowest BCUT2D eigenvalue weighted by Crippen LogP contribution is -2.45. The van der Waals surface area contributed by atoms with Crippen LogP contribution in [0.4, 0.5) is 0 Å². The summed E-state index contributed by atoms with van der Waals surface area (Å²) in [7, 11) is 0. The van der Waals surface area contributed by atoms with Gasteiger partial charge in [0.15, 0.2) is 0 Å². The average molecular weight is 196 g/mol. The second-order valence-electron chi connectivity index (χ2n) is 4.82. The number of nitrogens with zero attached hydrogens (tertiary/aromatic N) is 1. The highest BCUT2D eigenvalue weighted by atomic mass is 16.2. The van der Waals surface area contributed by atoms with Gasteiger partial charge in [-0.3, -0.25) is 4.79 Å². The summed E-state index contributed by atoms with van der Waals surface area (Å²) < 4.78 is 0. The van der Waals surface area contributed by atoms with Crippen LogP contribution in [-0.2, 0) is 4.79 Å². The summed E-state index contributed by atoms with van der Waals surface area (Å²) in [4.78, 5) is 13.9. The van der Waals surface area contributed by atoms with E-state index >= 15 is 0 Å². The van der Waals surface area contributed by atoms with E-state index in [9.17, 15) is 4.79 Å². The third kappa shape index (κ3) is 2.08. The van der Waals surface area contributed by atoms with Gasteiger partial charge in [0.25, 0.3) is 0 Å². The van der Waals surface area contributed by atoms with Crippen molar-refractivity contribution in [3.8, 4) is 0 Å². The maximum atomic E-state index is 11.8. The zero-order valence-corrected chi connectivity index (χ0v) is 8.91. The van der Waals surface area contributed by atoms with E-state index in [1.807, 2.05) is 4.90 Å². The largest absolute Gasteiger partial charge is 0.342 e. The number of hydrogen-bond donors (Lipinski definition) is 1. The van der Waals surface area contributed by atoms with Crippen LogP contribution in [0.5, 0.6) is 0 Å². The second-order valence-corrected chi connectivity index (χ2v) is 4.82. The molecule has 2 N–H and O–H groups in total. The van der Waals surface area contributed by atoms with Crippen LogP contribution >= 0.6 is 0 Å². The lowest BCUT2D eigenvalue weighted by atomic mass is 9.92. The fourth-order valence-electron chi connectivity index (χ4n) is 2.23. The first-order valence-electron chi connectivity index (χ1n) is 5.73. The van der Waals surface area contributed by atoms with Crippen molar-refractivity contribution in [1.82, 2.24) is 4.90 Å². The van der Waals surface area contributed by atoms with Crippen LogP contribution in [0, 0.1) is 11.8 Å². The van der Waals surface area contributed by atoms with Gasteiger partial charge in [0, 0.05) is 25.0 Å². The third-order valence-corrected chi connectivity index (χ3v) is 3.44. The van der Waals surface area contributed by atoms with Gasteiger partial charge in [-0.15, -0.1) is 0 Å². The van der Waals surface area contributed by atoms with Crippen molar-refractivity contribution in [2.45, 2.75) is 38.6 Å². The number of likely N-dealkylation sites (tertiary alicyclic amines) is 1. The molecule has 1 saturated heterocycles. The summed E-state index contributed by atoms with van der Waals surface area (Å²) in [5.41, 5.74) is 5.88. The molecule has 80 valence electrons. The van der Waals surface area contributed by atoms with Crippen LogP contribution in [-0.4, -0.2) is 29.9 Å². The molecule has 1 aliphatic heterocycles. The Hall–Kier alpha value is -0.570. The number of hydrogen-bond acceptors (Lipinski definition) is 2. The maximum Gasteiger partial charge on any atom is 0.225 e. The van der Waals surface area contributed by atoms with E-state index in [1.54, 1.807) is 0 Å². The molecular formula is C11H20N2O. The SMILES string of the molecule is CC(N)C1CCCN(C(=O)C2CC2)C1. The molecule has 2 aliphatic rings. The van der Waals surface area contributed by atoms with Gasteiger partial charge in [-0.1, -0.05) is 0 Å². The minimum atomic E-state index is 0.227. The van der Waals surface area contributed by atoms with E-state index in [0.717, 1.165) is 32.4 Å². The number of amides is 1. The van der Waals surface area contributed by atoms with E-state index in [2.05, 4.69) is 6.92 Å². The Morgan fingerprint density at radius 2 is 2.14 bits per heavy atom. The van der Waals surface area contributed by atoms with Crippen LogP contribution in [0.15, 0.2) is 0 Å². The minimum absolute atomic E-state index is 0.227. The molecular weight excluding hydrogens is 176 g/mol. The number of rotatable bonds is 2. The Kier molecular flexibility index (Phi) is 2.77. The van der Waals surface area contributed by atoms with Crippen LogP contribution < -0.4 is 5.73 Å². The van der Waals surface area contributed by atoms with Crippen LogP contribution in [0.2, 0.25) is 0 Å². The Bertz CT molecular complexity index is 223. The van der Waals surface area contributed by atoms with Gasteiger partial charge in [0.1, 0.15) is 0 Å². The van der Waals surface area contributed by atoms with Crippen molar-refractivity contribution in [2.75, 3.05) is 13.1 Å². The van der Waals surface area contributed by atoms with Gasteiger partial charge >= 0.3 is 0 Å². The van der Waals surface area contributed by atoms with Gasteiger partial charge in [-0.2, -0.15) is 0 Å². The smallest absolute Gasteiger partial charge is 0.225 e. The van der Waals surface area contributed by atoms with Crippen molar-refractivity contribution in [3.63, 3.8) is 0 Å². The summed E-state index contributed by atoms with van der Waals surface area (Å²) in [6.45, 7) is 3.90. The molecule has 1 saturated carbocycles. The van der Waals surface area contributed by atoms with Gasteiger partial charge in [-0.25, -0.2) is 0 Å². The Morgan fingerprint density at radius 1 is 1.43 bits per heavy atom. The molecule has 2 rings (SSSR count). The fraction of sp³-hybridized carbons (Fsp3) is 0.909. The standard InChI is InChI=1S/C11H20N2O/c1-8(12)10-3-2-6-13(7-10)11(14)9-4-5-9/h8-10H,2-7,12H2,1H3. The highest BCUT2D eigenvalue weighted by molar-refractivity contribution is 5.81. The minimum Gasteiger partial charge on any atom is -0.342 e. The van der Waals surface area contributed by atoms with Crippen molar-refractivity contribution in [3.05, 3.63) is 0 Å². The van der Waals surface area contributed by atoms with E-state index in [4.69, 9.17) is 5.73 Å². The first-order valence-corrected chi connectivity index (χ1v) is 5.73. The molecule has 0 aromatic carbocycles. The first kappa shape index (κ1) is 9.97. The molecule has 0 spiro atoms. The van der Waals surface area contributed by atoms with Gasteiger partial charge < -0.3 is 10.6 Å². The molecule has 2 atom stereocenters. The molecule has 2 unspecified atom stereocenters. The molecule has 3 nitrogen and oxygen atoms in total. The average Bonchev–Trinajstić information content (AvgIpc) is 3.00. The number of carbonyl (C=O) groups is 1. The first-order chi connectivity index (χ1) is 6.68. The Labute approximate surface area is 85.6 Å². The lowest BCUT2D eigenvalue weighted by molar-refractivity contribution is -0.134. The summed E-state index contributed by atoms with van der Waals surface area (Å²) in [6, 6.07) is 0.227. The molecule has 1 heterocycles. The van der Waals surface area contributed by atoms with Gasteiger partial charge in [-0.05, 0) is 38.5 Å². The van der Waals surface area contributed by atoms with Crippen molar-refractivity contribution >= 4 is 5.91 Å². The summed E-state index contributed by atoms with van der Waals surface area (Å²) >= 11 is 0. The summed E-state index contributed by atoms with van der Waals surface area (Å²) in [5, 5.41) is 0. The van der Waals surface area contributed by atoms with Crippen LogP contribution in [0.25, 0.3) is 0 Å². The van der Waals surface area contributed by atoms with Crippen molar-refractivity contribution < 1.29 is 4.79 Å². The van der Waals surface area contributed by atoms with E-state index in [-0.39, 0.29) is 6.04 Å². The molecule has 0 radical (unpaired) electrons. The van der Waals surface area contributed by atoms with E-state index < -0.39 is 0 Å². The van der Waals surface area contributed by atoms with E-state index in [0.29, 0.717) is 17.7 Å². The molecule has 2 fully saturated rings. The highest BCUT2D eigenvalue weighted by Crippen LogP contribution is 2.32. The molecule has 3 heteroatoms. The van der Waals surface area contributed by atoms with Crippen LogP contribution in [0.3, 0.4) is 0 Å².